The van der Waals surface area contributed by atoms with Crippen molar-refractivity contribution in [3.63, 3.8) is 0 Å². The third-order valence-electron chi connectivity index (χ3n) is 4.31. The number of rotatable bonds is 4. The first kappa shape index (κ1) is 14.8. The summed E-state index contributed by atoms with van der Waals surface area (Å²) in [5.74, 6) is 2.29. The van der Waals surface area contributed by atoms with Gasteiger partial charge in [0.05, 0.1) is 0 Å². The molecule has 26 heavy (non-hydrogen) atoms. The average Bonchev–Trinajstić information content (AvgIpc) is 3.23. The fourth-order valence-corrected chi connectivity index (χ4v) is 2.81. The minimum absolute atomic E-state index is 0.290. The normalized spacial score (nSPS) is 13.8. The summed E-state index contributed by atoms with van der Waals surface area (Å²) >= 11 is 0. The first-order valence-corrected chi connectivity index (χ1v) is 8.40. The summed E-state index contributed by atoms with van der Waals surface area (Å²) in [5, 5.41) is 10.1. The fourth-order valence-electron chi connectivity index (χ4n) is 2.81. The lowest BCUT2D eigenvalue weighted by Gasteiger charge is -2.04. The molecule has 8 heteroatoms. The fraction of sp³-hybridized carbons (Fsp3) is 0.167. The molecular formula is C18H15N7O. The van der Waals surface area contributed by atoms with E-state index in [-0.39, 0.29) is 5.91 Å². The lowest BCUT2D eigenvalue weighted by Crippen LogP contribution is -2.12. The van der Waals surface area contributed by atoms with Crippen molar-refractivity contribution in [2.24, 2.45) is 0 Å². The molecule has 0 atom stereocenters. The molecule has 1 aliphatic rings. The monoisotopic (exact) mass is 345 g/mol. The molecule has 4 aromatic rings. The number of imidazole rings is 1. The topological polar surface area (TPSA) is 101 Å². The van der Waals surface area contributed by atoms with Gasteiger partial charge in [0, 0.05) is 35.8 Å². The molecule has 1 aliphatic carbocycles. The Bertz CT molecular complexity index is 1080. The van der Waals surface area contributed by atoms with Crippen LogP contribution in [0.2, 0.25) is 0 Å². The van der Waals surface area contributed by atoms with Gasteiger partial charge < -0.3 is 5.32 Å². The second-order valence-corrected chi connectivity index (χ2v) is 6.31. The largest absolute Gasteiger partial charge is 0.321 e. The van der Waals surface area contributed by atoms with Crippen molar-refractivity contribution in [2.75, 3.05) is 5.32 Å². The summed E-state index contributed by atoms with van der Waals surface area (Å²) in [7, 11) is 0. The molecule has 0 radical (unpaired) electrons. The molecule has 1 amide bonds. The van der Waals surface area contributed by atoms with Crippen LogP contribution in [0.25, 0.3) is 17.2 Å². The van der Waals surface area contributed by atoms with Crippen LogP contribution in [0.4, 0.5) is 5.69 Å². The van der Waals surface area contributed by atoms with Crippen LogP contribution in [-0.4, -0.2) is 35.5 Å². The van der Waals surface area contributed by atoms with Crippen molar-refractivity contribution in [3.8, 4) is 11.4 Å². The average molecular weight is 345 g/mol. The van der Waals surface area contributed by atoms with Crippen molar-refractivity contribution in [1.29, 1.82) is 0 Å². The number of anilines is 1. The molecule has 0 unspecified atom stereocenters. The predicted molar refractivity (Wildman–Crippen MR) is 94.7 cm³/mol. The summed E-state index contributed by atoms with van der Waals surface area (Å²) < 4.78 is 1.71. The first-order valence-electron chi connectivity index (χ1n) is 8.40. The molecule has 2 N–H and O–H groups in total. The van der Waals surface area contributed by atoms with E-state index in [1.807, 2.05) is 24.3 Å². The van der Waals surface area contributed by atoms with E-state index in [0.717, 1.165) is 11.4 Å². The number of nitrogens with zero attached hydrogens (tertiary/aromatic N) is 5. The Morgan fingerprint density at radius 3 is 3.00 bits per heavy atom. The van der Waals surface area contributed by atoms with Crippen LogP contribution in [0.1, 0.15) is 35.1 Å². The Labute approximate surface area is 148 Å². The number of aromatic amines is 1. The lowest BCUT2D eigenvalue weighted by molar-refractivity contribution is 0.102. The molecule has 0 spiro atoms. The maximum Gasteiger partial charge on any atom is 0.275 e. The third-order valence-corrected chi connectivity index (χ3v) is 4.31. The third kappa shape index (κ3) is 2.71. The van der Waals surface area contributed by atoms with Crippen LogP contribution < -0.4 is 5.32 Å². The van der Waals surface area contributed by atoms with Gasteiger partial charge in [-0.2, -0.15) is 5.10 Å². The molecule has 0 bridgehead atoms. The Hall–Kier alpha value is -3.55. The molecule has 3 aromatic heterocycles. The van der Waals surface area contributed by atoms with E-state index in [2.05, 4.69) is 30.5 Å². The second-order valence-electron chi connectivity index (χ2n) is 6.31. The maximum absolute atomic E-state index is 12.5. The molecule has 1 fully saturated rings. The van der Waals surface area contributed by atoms with Gasteiger partial charge in [-0.25, -0.2) is 15.0 Å². The van der Waals surface area contributed by atoms with Crippen molar-refractivity contribution in [3.05, 3.63) is 60.4 Å². The summed E-state index contributed by atoms with van der Waals surface area (Å²) in [6.07, 6.45) is 7.42. The van der Waals surface area contributed by atoms with Crippen molar-refractivity contribution in [2.45, 2.75) is 18.8 Å². The summed E-state index contributed by atoms with van der Waals surface area (Å²) in [6.45, 7) is 0. The molecule has 0 aliphatic heterocycles. The van der Waals surface area contributed by atoms with Gasteiger partial charge in [0.25, 0.3) is 5.91 Å². The Morgan fingerprint density at radius 2 is 2.15 bits per heavy atom. The molecule has 3 heterocycles. The Kier molecular flexibility index (Phi) is 3.27. The van der Waals surface area contributed by atoms with E-state index in [4.69, 9.17) is 0 Å². The van der Waals surface area contributed by atoms with Crippen LogP contribution in [0.3, 0.4) is 0 Å². The SMILES string of the molecule is O=C(Nc1cccc(-c2n[nH]c(C3CC3)n2)c1)c1cn2cccnc2n1. The van der Waals surface area contributed by atoms with E-state index in [1.165, 1.54) is 12.8 Å². The van der Waals surface area contributed by atoms with Gasteiger partial charge in [-0.05, 0) is 31.0 Å². The highest BCUT2D eigenvalue weighted by atomic mass is 16.1. The van der Waals surface area contributed by atoms with Crippen LogP contribution >= 0.6 is 0 Å². The number of amides is 1. The smallest absolute Gasteiger partial charge is 0.275 e. The maximum atomic E-state index is 12.5. The highest BCUT2D eigenvalue weighted by Gasteiger charge is 2.27. The van der Waals surface area contributed by atoms with Crippen LogP contribution in [-0.2, 0) is 0 Å². The molecule has 1 saturated carbocycles. The molecule has 0 saturated heterocycles. The van der Waals surface area contributed by atoms with E-state index >= 15 is 0 Å². The number of hydrogen-bond donors (Lipinski definition) is 2. The standard InChI is InChI=1S/C18H15N7O/c26-17(14-10-25-8-2-7-19-18(25)21-14)20-13-4-1-3-12(9-13)16-22-15(23-24-16)11-5-6-11/h1-4,7-11H,5-6H2,(H,20,26)(H,22,23,24). The van der Waals surface area contributed by atoms with Gasteiger partial charge in [-0.1, -0.05) is 12.1 Å². The number of H-pyrrole nitrogens is 1. The number of carbonyl (C=O) groups excluding carboxylic acids is 1. The summed E-state index contributed by atoms with van der Waals surface area (Å²) in [5.41, 5.74) is 1.82. The number of aromatic nitrogens is 6. The molecule has 5 rings (SSSR count). The number of hydrogen-bond acceptors (Lipinski definition) is 5. The van der Waals surface area contributed by atoms with Crippen molar-refractivity contribution < 1.29 is 4.79 Å². The first-order chi connectivity index (χ1) is 12.8. The predicted octanol–water partition coefficient (Wildman–Crippen LogP) is 2.64. The van der Waals surface area contributed by atoms with Gasteiger partial charge in [0.2, 0.25) is 5.78 Å². The van der Waals surface area contributed by atoms with Gasteiger partial charge in [-0.3, -0.25) is 14.3 Å². The zero-order valence-electron chi connectivity index (χ0n) is 13.8. The Balaban J connectivity index is 1.38. The van der Waals surface area contributed by atoms with Gasteiger partial charge in [-0.15, -0.1) is 0 Å². The number of nitrogens with one attached hydrogen (secondary N) is 2. The van der Waals surface area contributed by atoms with Gasteiger partial charge >= 0.3 is 0 Å². The highest BCUT2D eigenvalue weighted by molar-refractivity contribution is 6.03. The van der Waals surface area contributed by atoms with Crippen molar-refractivity contribution >= 4 is 17.4 Å². The number of fused-ring (bicyclic) bond motifs is 1. The second kappa shape index (κ2) is 5.76. The number of benzene rings is 1. The zero-order valence-corrected chi connectivity index (χ0v) is 13.8. The molecule has 128 valence electrons. The molecular weight excluding hydrogens is 330 g/mol. The zero-order chi connectivity index (χ0) is 17.5. The lowest BCUT2D eigenvalue weighted by atomic mass is 10.2. The minimum atomic E-state index is -0.290. The van der Waals surface area contributed by atoms with Crippen LogP contribution in [0.5, 0.6) is 0 Å². The van der Waals surface area contributed by atoms with E-state index in [9.17, 15) is 4.79 Å². The van der Waals surface area contributed by atoms with Crippen LogP contribution in [0.15, 0.2) is 48.9 Å². The molecule has 8 nitrogen and oxygen atoms in total. The van der Waals surface area contributed by atoms with E-state index in [0.29, 0.717) is 28.9 Å². The van der Waals surface area contributed by atoms with E-state index < -0.39 is 0 Å². The van der Waals surface area contributed by atoms with Crippen molar-refractivity contribution in [1.82, 2.24) is 29.5 Å². The summed E-state index contributed by atoms with van der Waals surface area (Å²) in [4.78, 5) is 25.4. The quantitative estimate of drug-likeness (QED) is 0.592. The minimum Gasteiger partial charge on any atom is -0.321 e. The van der Waals surface area contributed by atoms with Gasteiger partial charge in [0.15, 0.2) is 5.82 Å². The van der Waals surface area contributed by atoms with Gasteiger partial charge in [0.1, 0.15) is 11.5 Å². The number of carbonyl (C=O) groups is 1. The highest BCUT2D eigenvalue weighted by Crippen LogP contribution is 2.38. The van der Waals surface area contributed by atoms with Crippen LogP contribution in [0, 0.1) is 0 Å². The molecule has 1 aromatic carbocycles. The Morgan fingerprint density at radius 1 is 1.23 bits per heavy atom. The summed E-state index contributed by atoms with van der Waals surface area (Å²) in [6, 6.07) is 9.25. The van der Waals surface area contributed by atoms with E-state index in [1.54, 1.807) is 29.1 Å².